The largest absolute Gasteiger partial charge is 0.340 e. The molecule has 0 aliphatic carbocycles. The highest BCUT2D eigenvalue weighted by Crippen LogP contribution is 2.21. The summed E-state index contributed by atoms with van der Waals surface area (Å²) in [4.78, 5) is 17.1. The summed E-state index contributed by atoms with van der Waals surface area (Å²) >= 11 is 0. The quantitative estimate of drug-likeness (QED) is 0.754. The Labute approximate surface area is 173 Å². The van der Waals surface area contributed by atoms with E-state index < -0.39 is 10.0 Å². The Balaban J connectivity index is 1.76. The molecule has 0 bridgehead atoms. The van der Waals surface area contributed by atoms with Gasteiger partial charge in [-0.25, -0.2) is 8.42 Å². The maximum absolute atomic E-state index is 12.9. The summed E-state index contributed by atoms with van der Waals surface area (Å²) < 4.78 is 28.2. The third-order valence-corrected chi connectivity index (χ3v) is 6.70. The second-order valence-corrected chi connectivity index (χ2v) is 9.41. The summed E-state index contributed by atoms with van der Waals surface area (Å²) in [5, 5.41) is 0. The molecular formula is C22H29N3O3S. The van der Waals surface area contributed by atoms with E-state index in [1.165, 1.54) is 25.0 Å². The highest BCUT2D eigenvalue weighted by atomic mass is 32.2. The van der Waals surface area contributed by atoms with Crippen LogP contribution in [0.3, 0.4) is 0 Å². The van der Waals surface area contributed by atoms with Gasteiger partial charge in [-0.15, -0.1) is 0 Å². The zero-order chi connectivity index (χ0) is 21.0. The fourth-order valence-corrected chi connectivity index (χ4v) is 4.60. The van der Waals surface area contributed by atoms with Crippen molar-refractivity contribution >= 4 is 21.6 Å². The summed E-state index contributed by atoms with van der Waals surface area (Å²) in [6, 6.07) is 11.9. The zero-order valence-electron chi connectivity index (χ0n) is 17.3. The van der Waals surface area contributed by atoms with Gasteiger partial charge in [-0.3, -0.25) is 9.52 Å². The lowest BCUT2D eigenvalue weighted by Crippen LogP contribution is -2.35. The first-order valence-corrected chi connectivity index (χ1v) is 11.4. The minimum absolute atomic E-state index is 0.0842. The van der Waals surface area contributed by atoms with Crippen LogP contribution >= 0.6 is 0 Å². The average molecular weight is 416 g/mol. The van der Waals surface area contributed by atoms with Crippen molar-refractivity contribution in [3.8, 4) is 0 Å². The van der Waals surface area contributed by atoms with Crippen LogP contribution in [0.5, 0.6) is 0 Å². The van der Waals surface area contributed by atoms with Crippen molar-refractivity contribution in [2.24, 2.45) is 0 Å². The molecule has 0 aromatic heterocycles. The summed E-state index contributed by atoms with van der Waals surface area (Å²) in [6.07, 6.45) is 2.43. The monoisotopic (exact) mass is 415 g/mol. The predicted molar refractivity (Wildman–Crippen MR) is 116 cm³/mol. The molecule has 1 saturated heterocycles. The molecule has 1 N–H and O–H groups in total. The minimum atomic E-state index is -3.78. The van der Waals surface area contributed by atoms with E-state index in [0.717, 1.165) is 30.8 Å². The molecule has 1 fully saturated rings. The van der Waals surface area contributed by atoms with Crippen LogP contribution in [-0.4, -0.2) is 57.4 Å². The van der Waals surface area contributed by atoms with Crippen LogP contribution in [-0.2, 0) is 10.0 Å². The summed E-state index contributed by atoms with van der Waals surface area (Å²) in [7, 11) is -2.02. The smallest absolute Gasteiger partial charge is 0.261 e. The van der Waals surface area contributed by atoms with E-state index in [4.69, 9.17) is 0 Å². The summed E-state index contributed by atoms with van der Waals surface area (Å²) in [6.45, 7) is 7.36. The van der Waals surface area contributed by atoms with Gasteiger partial charge in [0.2, 0.25) is 0 Å². The number of nitrogens with zero attached hydrogens (tertiary/aromatic N) is 2. The van der Waals surface area contributed by atoms with Gasteiger partial charge in [-0.1, -0.05) is 18.2 Å². The molecule has 0 unspecified atom stereocenters. The van der Waals surface area contributed by atoms with E-state index in [0.29, 0.717) is 17.8 Å². The van der Waals surface area contributed by atoms with Gasteiger partial charge in [0.15, 0.2) is 0 Å². The molecule has 2 aromatic carbocycles. The molecule has 0 atom stereocenters. The maximum Gasteiger partial charge on any atom is 0.261 e. The molecule has 3 rings (SSSR count). The zero-order valence-corrected chi connectivity index (χ0v) is 18.1. The lowest BCUT2D eigenvalue weighted by Gasteiger charge is -2.22. The molecular weight excluding hydrogens is 386 g/mol. The van der Waals surface area contributed by atoms with E-state index in [2.05, 4.69) is 9.62 Å². The number of aryl methyl sites for hydroxylation is 2. The number of carbonyl (C=O) groups is 1. The van der Waals surface area contributed by atoms with Crippen LogP contribution < -0.4 is 4.72 Å². The van der Waals surface area contributed by atoms with Crippen molar-refractivity contribution in [3.05, 3.63) is 59.2 Å². The third kappa shape index (κ3) is 5.36. The predicted octanol–water partition coefficient (Wildman–Crippen LogP) is 3.27. The number of likely N-dealkylation sites (N-methyl/N-ethyl adjacent to an activating group) is 1. The van der Waals surface area contributed by atoms with E-state index in [1.807, 2.05) is 19.9 Å². The molecule has 1 amide bonds. The normalized spacial score (nSPS) is 14.7. The fourth-order valence-electron chi connectivity index (χ4n) is 3.53. The number of hydrogen-bond donors (Lipinski definition) is 1. The van der Waals surface area contributed by atoms with E-state index >= 15 is 0 Å². The second-order valence-electron chi connectivity index (χ2n) is 7.73. The van der Waals surface area contributed by atoms with Crippen LogP contribution in [0.1, 0.15) is 34.3 Å². The topological polar surface area (TPSA) is 69.7 Å². The summed E-state index contributed by atoms with van der Waals surface area (Å²) in [5.74, 6) is -0.158. The Kier molecular flexibility index (Phi) is 6.59. The van der Waals surface area contributed by atoms with E-state index in [9.17, 15) is 13.2 Å². The molecule has 0 spiro atoms. The molecule has 7 heteroatoms. The second kappa shape index (κ2) is 8.97. The van der Waals surface area contributed by atoms with Gasteiger partial charge in [0.1, 0.15) is 0 Å². The number of sulfonamides is 1. The lowest BCUT2D eigenvalue weighted by molar-refractivity contribution is 0.0781. The Morgan fingerprint density at radius 1 is 1.10 bits per heavy atom. The lowest BCUT2D eigenvalue weighted by atomic mass is 10.1. The van der Waals surface area contributed by atoms with Crippen molar-refractivity contribution < 1.29 is 13.2 Å². The molecule has 0 radical (unpaired) electrons. The van der Waals surface area contributed by atoms with Crippen molar-refractivity contribution in [1.82, 2.24) is 9.80 Å². The number of hydrogen-bond acceptors (Lipinski definition) is 4. The molecule has 156 valence electrons. The molecule has 1 aliphatic heterocycles. The number of nitrogens with one attached hydrogen (secondary N) is 1. The molecule has 1 heterocycles. The van der Waals surface area contributed by atoms with Gasteiger partial charge in [-0.2, -0.15) is 0 Å². The van der Waals surface area contributed by atoms with Gasteiger partial charge in [0, 0.05) is 31.4 Å². The highest BCUT2D eigenvalue weighted by molar-refractivity contribution is 7.92. The van der Waals surface area contributed by atoms with Crippen molar-refractivity contribution in [3.63, 3.8) is 0 Å². The number of likely N-dealkylation sites (tertiary alicyclic amines) is 1. The highest BCUT2D eigenvalue weighted by Gasteiger charge is 2.21. The number of rotatable bonds is 7. The van der Waals surface area contributed by atoms with Crippen molar-refractivity contribution in [2.75, 3.05) is 37.9 Å². The van der Waals surface area contributed by atoms with Crippen LogP contribution in [0, 0.1) is 13.8 Å². The standard InChI is InChI=1S/C22H29N3O3S/c1-17-7-6-8-19(15-17)23-29(27,28)20-10-9-18(2)21(16-20)22(26)24(3)13-14-25-11-4-5-12-25/h6-10,15-16,23H,4-5,11-14H2,1-3H3. The van der Waals surface area contributed by atoms with Crippen LogP contribution in [0.4, 0.5) is 5.69 Å². The molecule has 2 aromatic rings. The Hall–Kier alpha value is -2.38. The van der Waals surface area contributed by atoms with Gasteiger partial charge >= 0.3 is 0 Å². The third-order valence-electron chi connectivity index (χ3n) is 5.32. The Morgan fingerprint density at radius 2 is 1.83 bits per heavy atom. The molecule has 29 heavy (non-hydrogen) atoms. The number of benzene rings is 2. The SMILES string of the molecule is Cc1cccc(NS(=O)(=O)c2ccc(C)c(C(=O)N(C)CCN3CCCC3)c2)c1. The average Bonchev–Trinajstić information content (AvgIpc) is 3.19. The summed E-state index contributed by atoms with van der Waals surface area (Å²) in [5.41, 5.74) is 2.64. The number of anilines is 1. The minimum Gasteiger partial charge on any atom is -0.340 e. The van der Waals surface area contributed by atoms with Gasteiger partial charge < -0.3 is 9.80 Å². The number of carbonyl (C=O) groups excluding carboxylic acids is 1. The first-order chi connectivity index (χ1) is 13.8. The van der Waals surface area contributed by atoms with Crippen LogP contribution in [0.15, 0.2) is 47.4 Å². The molecule has 1 aliphatic rings. The first kappa shape index (κ1) is 21.3. The van der Waals surface area contributed by atoms with Gasteiger partial charge in [0.25, 0.3) is 15.9 Å². The Bertz CT molecular complexity index is 983. The first-order valence-electron chi connectivity index (χ1n) is 9.94. The van der Waals surface area contributed by atoms with Crippen molar-refractivity contribution in [1.29, 1.82) is 0 Å². The Morgan fingerprint density at radius 3 is 2.52 bits per heavy atom. The van der Waals surface area contributed by atoms with E-state index in [-0.39, 0.29) is 10.8 Å². The van der Waals surface area contributed by atoms with Gasteiger partial charge in [0.05, 0.1) is 4.90 Å². The van der Waals surface area contributed by atoms with Crippen LogP contribution in [0.25, 0.3) is 0 Å². The molecule has 0 saturated carbocycles. The maximum atomic E-state index is 12.9. The van der Waals surface area contributed by atoms with Gasteiger partial charge in [-0.05, 0) is 75.2 Å². The van der Waals surface area contributed by atoms with Crippen molar-refractivity contribution in [2.45, 2.75) is 31.6 Å². The fraction of sp³-hybridized carbons (Fsp3) is 0.409. The molecule has 6 nitrogen and oxygen atoms in total. The van der Waals surface area contributed by atoms with Crippen LogP contribution in [0.2, 0.25) is 0 Å². The number of amides is 1. The van der Waals surface area contributed by atoms with E-state index in [1.54, 1.807) is 36.2 Å².